The van der Waals surface area contributed by atoms with Gasteiger partial charge >= 0.3 is 0 Å². The second-order valence-electron chi connectivity index (χ2n) is 2.72. The van der Waals surface area contributed by atoms with Crippen LogP contribution in [-0.4, -0.2) is 21.6 Å². The van der Waals surface area contributed by atoms with Crippen molar-refractivity contribution in [2.45, 2.75) is 6.54 Å². The fraction of sp³-hybridized carbons (Fsp3) is 0.200. The number of aliphatic imine (C=N–C) groups is 1. The Morgan fingerprint density at radius 3 is 3.06 bits per heavy atom. The predicted molar refractivity (Wildman–Crippen MR) is 71.2 cm³/mol. The van der Waals surface area contributed by atoms with Gasteiger partial charge in [-0.15, -0.1) is 12.4 Å². The fourth-order valence-corrected chi connectivity index (χ4v) is 1.35. The number of aromatic nitrogens is 1. The summed E-state index contributed by atoms with van der Waals surface area (Å²) in [6.45, 7) is 4.19. The van der Waals surface area contributed by atoms with E-state index in [4.69, 9.17) is 5.21 Å². The molecule has 2 N–H and O–H groups in total. The van der Waals surface area contributed by atoms with Crippen LogP contribution < -0.4 is 5.48 Å². The monoisotopic (exact) mass is 259 g/mol. The van der Waals surface area contributed by atoms with Gasteiger partial charge in [0.2, 0.25) is 0 Å². The Hall–Kier alpha value is -1.04. The average Bonchev–Trinajstić information content (AvgIpc) is 2.31. The van der Waals surface area contributed by atoms with Gasteiger partial charge < -0.3 is 0 Å². The highest BCUT2D eigenvalue weighted by molar-refractivity contribution is 8.13. The van der Waals surface area contributed by atoms with E-state index < -0.39 is 0 Å². The number of amidine groups is 1. The summed E-state index contributed by atoms with van der Waals surface area (Å²) in [5, 5.41) is 9.18. The predicted octanol–water partition coefficient (Wildman–Crippen LogP) is 2.34. The van der Waals surface area contributed by atoms with Crippen molar-refractivity contribution in [3.05, 3.63) is 36.2 Å². The summed E-state index contributed by atoms with van der Waals surface area (Å²) in [6, 6.07) is 1.88. The molecule has 0 aliphatic carbocycles. The number of hydroxylamine groups is 1. The van der Waals surface area contributed by atoms with Crippen LogP contribution in [0.25, 0.3) is 6.08 Å². The van der Waals surface area contributed by atoms with Crippen LogP contribution in [0.5, 0.6) is 0 Å². The largest absolute Gasteiger partial charge is 0.289 e. The molecule has 88 valence electrons. The molecule has 0 saturated carbocycles. The number of rotatable bonds is 3. The molecule has 0 bridgehead atoms. The molecule has 0 saturated heterocycles. The summed E-state index contributed by atoms with van der Waals surface area (Å²) in [5.74, 6) is 0. The molecule has 6 heteroatoms. The summed E-state index contributed by atoms with van der Waals surface area (Å²) in [5.41, 5.74) is 4.02. The van der Waals surface area contributed by atoms with Gasteiger partial charge in [0.25, 0.3) is 0 Å². The average molecular weight is 260 g/mol. The molecule has 0 spiro atoms. The molecule has 4 nitrogen and oxygen atoms in total. The van der Waals surface area contributed by atoms with E-state index in [-0.39, 0.29) is 12.4 Å². The lowest BCUT2D eigenvalue weighted by Crippen LogP contribution is -2.14. The zero-order valence-electron chi connectivity index (χ0n) is 8.88. The Bertz CT molecular complexity index is 365. The van der Waals surface area contributed by atoms with Gasteiger partial charge in [-0.1, -0.05) is 24.4 Å². The van der Waals surface area contributed by atoms with Crippen LogP contribution in [0.4, 0.5) is 0 Å². The van der Waals surface area contributed by atoms with Crippen LogP contribution in [0.3, 0.4) is 0 Å². The van der Waals surface area contributed by atoms with Crippen molar-refractivity contribution >= 4 is 35.4 Å². The van der Waals surface area contributed by atoms with Crippen molar-refractivity contribution < 1.29 is 5.21 Å². The molecule has 0 amide bonds. The SMILES string of the molecule is C=Cc1cnccc1CN=C(NO)SC.Cl. The zero-order valence-corrected chi connectivity index (χ0v) is 10.5. The molecule has 0 fully saturated rings. The fourth-order valence-electron chi connectivity index (χ4n) is 1.07. The molecule has 0 aliphatic rings. The van der Waals surface area contributed by atoms with E-state index in [2.05, 4.69) is 16.6 Å². The Balaban J connectivity index is 0.00000225. The van der Waals surface area contributed by atoms with Crippen LogP contribution in [0.15, 0.2) is 30.0 Å². The van der Waals surface area contributed by atoms with E-state index in [1.165, 1.54) is 11.8 Å². The van der Waals surface area contributed by atoms with Gasteiger partial charge in [-0.05, 0) is 23.4 Å². The number of nitrogens with one attached hydrogen (secondary N) is 1. The van der Waals surface area contributed by atoms with Crippen molar-refractivity contribution in [3.63, 3.8) is 0 Å². The molecule has 16 heavy (non-hydrogen) atoms. The highest BCUT2D eigenvalue weighted by atomic mass is 35.5. The van der Waals surface area contributed by atoms with Gasteiger partial charge in [-0.3, -0.25) is 15.2 Å². The van der Waals surface area contributed by atoms with Gasteiger partial charge in [0.05, 0.1) is 6.54 Å². The number of nitrogens with zero attached hydrogens (tertiary/aromatic N) is 2. The first-order valence-corrected chi connectivity index (χ1v) is 5.58. The van der Waals surface area contributed by atoms with E-state index in [9.17, 15) is 0 Å². The Morgan fingerprint density at radius 2 is 2.50 bits per heavy atom. The van der Waals surface area contributed by atoms with Crippen LogP contribution in [0, 0.1) is 0 Å². The molecule has 0 radical (unpaired) electrons. The second kappa shape index (κ2) is 8.15. The maximum Gasteiger partial charge on any atom is 0.180 e. The van der Waals surface area contributed by atoms with Gasteiger partial charge in [0, 0.05) is 12.4 Å². The number of thioether (sulfide) groups is 1. The van der Waals surface area contributed by atoms with Crippen LogP contribution in [-0.2, 0) is 6.54 Å². The highest BCUT2D eigenvalue weighted by Crippen LogP contribution is 2.10. The summed E-state index contributed by atoms with van der Waals surface area (Å²) in [7, 11) is 0. The second-order valence-corrected chi connectivity index (χ2v) is 3.51. The topological polar surface area (TPSA) is 57.5 Å². The van der Waals surface area contributed by atoms with E-state index in [1.807, 2.05) is 17.8 Å². The maximum atomic E-state index is 8.70. The minimum atomic E-state index is 0. The Kier molecular flexibility index (Phi) is 7.62. The van der Waals surface area contributed by atoms with Crippen LogP contribution >= 0.6 is 24.2 Å². The molecule has 0 aromatic carbocycles. The van der Waals surface area contributed by atoms with Gasteiger partial charge in [0.15, 0.2) is 5.17 Å². The van der Waals surface area contributed by atoms with Gasteiger partial charge in [-0.2, -0.15) is 0 Å². The van der Waals surface area contributed by atoms with Crippen molar-refractivity contribution in [1.29, 1.82) is 0 Å². The van der Waals surface area contributed by atoms with Crippen molar-refractivity contribution in [2.75, 3.05) is 6.26 Å². The Morgan fingerprint density at radius 1 is 1.75 bits per heavy atom. The first kappa shape index (κ1) is 15.0. The van der Waals surface area contributed by atoms with Gasteiger partial charge in [-0.25, -0.2) is 5.48 Å². The molecule has 0 aliphatic heterocycles. The summed E-state index contributed by atoms with van der Waals surface area (Å²) in [6.07, 6.45) is 7.03. The quantitative estimate of drug-likeness (QED) is 0.497. The van der Waals surface area contributed by atoms with E-state index >= 15 is 0 Å². The molecule has 1 aromatic rings. The summed E-state index contributed by atoms with van der Waals surface area (Å²) < 4.78 is 0. The smallest absolute Gasteiger partial charge is 0.180 e. The number of pyridine rings is 1. The van der Waals surface area contributed by atoms with Crippen molar-refractivity contribution in [1.82, 2.24) is 10.5 Å². The Labute approximate surface area is 105 Å². The molecular formula is C10H14ClN3OS. The van der Waals surface area contributed by atoms with Crippen molar-refractivity contribution in [3.8, 4) is 0 Å². The van der Waals surface area contributed by atoms with E-state index in [0.29, 0.717) is 11.7 Å². The first-order chi connectivity index (χ1) is 7.31. The molecule has 0 unspecified atom stereocenters. The highest BCUT2D eigenvalue weighted by Gasteiger charge is 1.98. The zero-order chi connectivity index (χ0) is 11.1. The maximum absolute atomic E-state index is 8.70. The van der Waals surface area contributed by atoms with E-state index in [0.717, 1.165) is 11.1 Å². The summed E-state index contributed by atoms with van der Waals surface area (Å²) in [4.78, 5) is 8.18. The summed E-state index contributed by atoms with van der Waals surface area (Å²) >= 11 is 1.35. The molecule has 1 heterocycles. The lowest BCUT2D eigenvalue weighted by molar-refractivity contribution is 0.237. The molecule has 1 rings (SSSR count). The number of hydrogen-bond acceptors (Lipinski definition) is 4. The first-order valence-electron chi connectivity index (χ1n) is 4.35. The number of hydrogen-bond donors (Lipinski definition) is 2. The third-order valence-corrected chi connectivity index (χ3v) is 2.46. The van der Waals surface area contributed by atoms with Crippen molar-refractivity contribution in [2.24, 2.45) is 4.99 Å². The van der Waals surface area contributed by atoms with Crippen LogP contribution in [0.1, 0.15) is 11.1 Å². The van der Waals surface area contributed by atoms with Crippen LogP contribution in [0.2, 0.25) is 0 Å². The standard InChI is InChI=1S/C10H13N3OS.ClH/c1-3-8-6-11-5-4-9(8)7-12-10(13-14)15-2;/h3-6,14H,1,7H2,2H3,(H,12,13);1H. The molecule has 0 atom stereocenters. The van der Waals surface area contributed by atoms with E-state index in [1.54, 1.807) is 18.5 Å². The third-order valence-electron chi connectivity index (χ3n) is 1.85. The number of halogens is 1. The third kappa shape index (κ3) is 4.22. The molecule has 1 aromatic heterocycles. The normalized spacial score (nSPS) is 10.5. The molecular weight excluding hydrogens is 246 g/mol. The minimum absolute atomic E-state index is 0. The van der Waals surface area contributed by atoms with Gasteiger partial charge in [0.1, 0.15) is 0 Å². The lowest BCUT2D eigenvalue weighted by atomic mass is 10.1. The lowest BCUT2D eigenvalue weighted by Gasteiger charge is -2.03. The minimum Gasteiger partial charge on any atom is -0.289 e.